The molecule has 0 saturated carbocycles. The molecule has 0 aliphatic heterocycles. The third-order valence-electron chi connectivity index (χ3n) is 3.03. The highest BCUT2D eigenvalue weighted by molar-refractivity contribution is 6.36. The zero-order valence-corrected chi connectivity index (χ0v) is 10.3. The molecular weight excluding hydrogens is 247 g/mol. The molecule has 0 amide bonds. The van der Waals surface area contributed by atoms with Gasteiger partial charge in [0.15, 0.2) is 0 Å². The first-order chi connectivity index (χ1) is 8.75. The van der Waals surface area contributed by atoms with Crippen molar-refractivity contribution in [1.29, 1.82) is 0 Å². The predicted octanol–water partition coefficient (Wildman–Crippen LogP) is 5.30. The zero-order valence-electron chi connectivity index (χ0n) is 9.53. The third kappa shape index (κ3) is 1.87. The van der Waals surface area contributed by atoms with E-state index in [1.165, 1.54) is 12.1 Å². The highest BCUT2D eigenvalue weighted by atomic mass is 35.5. The Bertz CT molecular complexity index is 702. The van der Waals surface area contributed by atoms with Crippen LogP contribution in [0.5, 0.6) is 0 Å². The normalized spacial score (nSPS) is 10.8. The Balaban J connectivity index is 2.30. The van der Waals surface area contributed by atoms with Gasteiger partial charge in [-0.25, -0.2) is 4.39 Å². The van der Waals surface area contributed by atoms with Gasteiger partial charge in [-0.15, -0.1) is 0 Å². The number of fused-ring (bicyclic) bond motifs is 1. The fourth-order valence-electron chi connectivity index (χ4n) is 2.14. The minimum atomic E-state index is -0.225. The van der Waals surface area contributed by atoms with Gasteiger partial charge < -0.3 is 0 Å². The van der Waals surface area contributed by atoms with Gasteiger partial charge in [-0.05, 0) is 34.7 Å². The van der Waals surface area contributed by atoms with E-state index in [9.17, 15) is 4.39 Å². The molecule has 0 N–H and O–H groups in total. The van der Waals surface area contributed by atoms with Crippen LogP contribution in [-0.4, -0.2) is 0 Å². The molecule has 88 valence electrons. The van der Waals surface area contributed by atoms with Crippen molar-refractivity contribution in [3.63, 3.8) is 0 Å². The lowest BCUT2D eigenvalue weighted by atomic mass is 9.98. The second-order valence-electron chi connectivity index (χ2n) is 4.15. The molecule has 0 atom stereocenters. The topological polar surface area (TPSA) is 0 Å². The summed E-state index contributed by atoms with van der Waals surface area (Å²) in [6.07, 6.45) is 0. The Kier molecular flexibility index (Phi) is 2.77. The standard InChI is InChI=1S/C16H10ClF/c17-16-10-9-13(11-5-7-12(18)8-6-11)14-3-1-2-4-15(14)16/h1-10H. The van der Waals surface area contributed by atoms with Crippen LogP contribution in [0.25, 0.3) is 21.9 Å². The van der Waals surface area contributed by atoms with Crippen LogP contribution in [0.2, 0.25) is 5.02 Å². The lowest BCUT2D eigenvalue weighted by molar-refractivity contribution is 0.628. The van der Waals surface area contributed by atoms with E-state index in [0.717, 1.165) is 26.9 Å². The van der Waals surface area contributed by atoms with E-state index in [-0.39, 0.29) is 5.82 Å². The Morgan fingerprint density at radius 2 is 1.39 bits per heavy atom. The van der Waals surface area contributed by atoms with E-state index in [0.29, 0.717) is 0 Å². The number of halogens is 2. The van der Waals surface area contributed by atoms with Gasteiger partial charge in [-0.1, -0.05) is 54.1 Å². The molecule has 18 heavy (non-hydrogen) atoms. The summed E-state index contributed by atoms with van der Waals surface area (Å²) in [6, 6.07) is 18.3. The lowest BCUT2D eigenvalue weighted by Gasteiger charge is -2.08. The number of rotatable bonds is 1. The Hall–Kier alpha value is -1.86. The summed E-state index contributed by atoms with van der Waals surface area (Å²) in [5, 5.41) is 2.83. The SMILES string of the molecule is Fc1ccc(-c2ccc(Cl)c3ccccc23)cc1. The maximum Gasteiger partial charge on any atom is 0.123 e. The highest BCUT2D eigenvalue weighted by Crippen LogP contribution is 2.32. The minimum absolute atomic E-state index is 0.225. The van der Waals surface area contributed by atoms with Crippen LogP contribution in [0.15, 0.2) is 60.7 Å². The zero-order chi connectivity index (χ0) is 12.5. The molecule has 0 nitrogen and oxygen atoms in total. The molecule has 0 unspecified atom stereocenters. The van der Waals surface area contributed by atoms with Gasteiger partial charge in [-0.2, -0.15) is 0 Å². The third-order valence-corrected chi connectivity index (χ3v) is 3.36. The average molecular weight is 257 g/mol. The maximum atomic E-state index is 13.0. The van der Waals surface area contributed by atoms with Crippen LogP contribution < -0.4 is 0 Å². The van der Waals surface area contributed by atoms with Crippen molar-refractivity contribution in [2.24, 2.45) is 0 Å². The molecule has 0 heterocycles. The van der Waals surface area contributed by atoms with E-state index in [1.54, 1.807) is 12.1 Å². The first-order valence-corrected chi connectivity index (χ1v) is 6.07. The van der Waals surface area contributed by atoms with Crippen molar-refractivity contribution in [1.82, 2.24) is 0 Å². The summed E-state index contributed by atoms with van der Waals surface area (Å²) in [6.45, 7) is 0. The largest absolute Gasteiger partial charge is 0.207 e. The number of hydrogen-bond acceptors (Lipinski definition) is 0. The summed E-state index contributed by atoms with van der Waals surface area (Å²) < 4.78 is 13.0. The van der Waals surface area contributed by atoms with Gasteiger partial charge in [0.2, 0.25) is 0 Å². The van der Waals surface area contributed by atoms with E-state index in [2.05, 4.69) is 0 Å². The molecule has 3 rings (SSSR count). The van der Waals surface area contributed by atoms with Gasteiger partial charge in [-0.3, -0.25) is 0 Å². The van der Waals surface area contributed by atoms with E-state index in [1.807, 2.05) is 36.4 Å². The van der Waals surface area contributed by atoms with Crippen LogP contribution in [-0.2, 0) is 0 Å². The Labute approximate surface area is 110 Å². The number of benzene rings is 3. The van der Waals surface area contributed by atoms with E-state index in [4.69, 9.17) is 11.6 Å². The first-order valence-electron chi connectivity index (χ1n) is 5.69. The summed E-state index contributed by atoms with van der Waals surface area (Å²) in [5.74, 6) is -0.225. The van der Waals surface area contributed by atoms with Gasteiger partial charge in [0.25, 0.3) is 0 Å². The van der Waals surface area contributed by atoms with Crippen molar-refractivity contribution < 1.29 is 4.39 Å². The van der Waals surface area contributed by atoms with Crippen molar-refractivity contribution in [2.75, 3.05) is 0 Å². The molecule has 0 spiro atoms. The van der Waals surface area contributed by atoms with Crippen LogP contribution in [0.3, 0.4) is 0 Å². The molecule has 0 fully saturated rings. The van der Waals surface area contributed by atoms with Crippen LogP contribution in [0.4, 0.5) is 4.39 Å². The van der Waals surface area contributed by atoms with Crippen LogP contribution in [0.1, 0.15) is 0 Å². The molecule has 3 aromatic rings. The summed E-state index contributed by atoms with van der Waals surface area (Å²) in [5.41, 5.74) is 2.05. The molecule has 0 radical (unpaired) electrons. The van der Waals surface area contributed by atoms with Gasteiger partial charge in [0.1, 0.15) is 5.82 Å². The minimum Gasteiger partial charge on any atom is -0.207 e. The lowest BCUT2D eigenvalue weighted by Crippen LogP contribution is -1.83. The smallest absolute Gasteiger partial charge is 0.123 e. The van der Waals surface area contributed by atoms with Crippen molar-refractivity contribution in [3.8, 4) is 11.1 Å². The molecule has 2 heteroatoms. The van der Waals surface area contributed by atoms with Gasteiger partial charge in [0, 0.05) is 10.4 Å². The molecule has 0 aliphatic carbocycles. The van der Waals surface area contributed by atoms with Crippen LogP contribution in [0, 0.1) is 5.82 Å². The van der Waals surface area contributed by atoms with Gasteiger partial charge in [0.05, 0.1) is 0 Å². The van der Waals surface area contributed by atoms with Gasteiger partial charge >= 0.3 is 0 Å². The molecule has 0 aliphatic rings. The molecule has 0 aromatic heterocycles. The van der Waals surface area contributed by atoms with Crippen LogP contribution >= 0.6 is 11.6 Å². The van der Waals surface area contributed by atoms with E-state index < -0.39 is 0 Å². The fraction of sp³-hybridized carbons (Fsp3) is 0. The van der Waals surface area contributed by atoms with E-state index >= 15 is 0 Å². The number of hydrogen-bond donors (Lipinski definition) is 0. The Morgan fingerprint density at radius 1 is 0.722 bits per heavy atom. The fourth-order valence-corrected chi connectivity index (χ4v) is 2.37. The summed E-state index contributed by atoms with van der Waals surface area (Å²) in [4.78, 5) is 0. The molecular formula is C16H10ClF. The Morgan fingerprint density at radius 3 is 2.11 bits per heavy atom. The second-order valence-corrected chi connectivity index (χ2v) is 4.55. The predicted molar refractivity (Wildman–Crippen MR) is 74.4 cm³/mol. The molecule has 3 aromatic carbocycles. The molecule has 0 saturated heterocycles. The highest BCUT2D eigenvalue weighted by Gasteiger charge is 2.06. The first kappa shape index (κ1) is 11.2. The average Bonchev–Trinajstić information content (AvgIpc) is 2.41. The van der Waals surface area contributed by atoms with Crippen molar-refractivity contribution in [2.45, 2.75) is 0 Å². The molecule has 0 bridgehead atoms. The summed E-state index contributed by atoms with van der Waals surface area (Å²) >= 11 is 6.18. The van der Waals surface area contributed by atoms with Crippen molar-refractivity contribution in [3.05, 3.63) is 71.5 Å². The second kappa shape index (κ2) is 4.43. The summed E-state index contributed by atoms with van der Waals surface area (Å²) in [7, 11) is 0. The van der Waals surface area contributed by atoms with Crippen molar-refractivity contribution >= 4 is 22.4 Å². The quantitative estimate of drug-likeness (QED) is 0.554. The maximum absolute atomic E-state index is 13.0. The monoisotopic (exact) mass is 256 g/mol.